The van der Waals surface area contributed by atoms with Crippen molar-refractivity contribution in [3.05, 3.63) is 17.5 Å². The molecule has 1 unspecified atom stereocenters. The fraction of sp³-hybridized carbons (Fsp3) is 0.632. The zero-order chi connectivity index (χ0) is 22.8. The van der Waals surface area contributed by atoms with Crippen molar-refractivity contribution >= 4 is 23.9 Å². The number of aromatic nitrogens is 1. The molecule has 1 heterocycles. The van der Waals surface area contributed by atoms with E-state index in [1.54, 1.807) is 46.9 Å². The first-order valence-corrected chi connectivity index (χ1v) is 9.19. The molecule has 1 aromatic rings. The number of carbonyl (C=O) groups is 2. The molecule has 1 rings (SSSR count). The standard InChI is InChI=1S/C17H29N3O5.C2HClO/c1-8-23-14(21)12(18)9-11-10-13(19-25-11)17(5,6)20(7)15(22)24-16(2,3)4;1-2-4-3/h10,12H,8-9,18H2,1-7H3;1H. The predicted molar refractivity (Wildman–Crippen MR) is 108 cm³/mol. The number of terminal acetylenes is 1. The van der Waals surface area contributed by atoms with E-state index in [9.17, 15) is 9.59 Å². The van der Waals surface area contributed by atoms with E-state index in [1.165, 1.54) is 4.90 Å². The third-order valence-corrected chi connectivity index (χ3v) is 3.84. The molecule has 0 fully saturated rings. The summed E-state index contributed by atoms with van der Waals surface area (Å²) in [6, 6.07) is 0.854. The van der Waals surface area contributed by atoms with Gasteiger partial charge in [-0.2, -0.15) is 0 Å². The monoisotopic (exact) mass is 431 g/mol. The van der Waals surface area contributed by atoms with Crippen molar-refractivity contribution in [2.75, 3.05) is 13.7 Å². The maximum Gasteiger partial charge on any atom is 0.410 e. The third-order valence-electron chi connectivity index (χ3n) is 3.75. The number of hydrogen-bond donors (Lipinski definition) is 1. The van der Waals surface area contributed by atoms with Crippen LogP contribution in [0.15, 0.2) is 10.6 Å². The predicted octanol–water partition coefficient (Wildman–Crippen LogP) is 2.96. The van der Waals surface area contributed by atoms with Gasteiger partial charge in [-0.1, -0.05) is 11.6 Å². The zero-order valence-corrected chi connectivity index (χ0v) is 18.7. The Labute approximate surface area is 176 Å². The van der Waals surface area contributed by atoms with E-state index in [1.807, 2.05) is 13.8 Å². The molecule has 0 aromatic carbocycles. The molecule has 0 aliphatic heterocycles. The van der Waals surface area contributed by atoms with Crippen LogP contribution in [0.4, 0.5) is 4.79 Å². The van der Waals surface area contributed by atoms with Crippen molar-refractivity contribution in [2.24, 2.45) is 5.73 Å². The van der Waals surface area contributed by atoms with Crippen LogP contribution in [-0.4, -0.2) is 47.4 Å². The van der Waals surface area contributed by atoms with E-state index in [0.717, 1.165) is 0 Å². The molecule has 9 nitrogen and oxygen atoms in total. The van der Waals surface area contributed by atoms with E-state index >= 15 is 0 Å². The van der Waals surface area contributed by atoms with Gasteiger partial charge in [-0.15, -0.1) is 0 Å². The van der Waals surface area contributed by atoms with Gasteiger partial charge in [-0.3, -0.25) is 4.79 Å². The molecule has 1 aromatic heterocycles. The highest BCUT2D eigenvalue weighted by Gasteiger charge is 2.35. The Hall–Kier alpha value is -2.44. The number of rotatable bonds is 6. The molecule has 1 atom stereocenters. The summed E-state index contributed by atoms with van der Waals surface area (Å²) in [6.45, 7) is 11.0. The Bertz CT molecular complexity index is 706. The summed E-state index contributed by atoms with van der Waals surface area (Å²) in [5.74, 6) is -0.0493. The number of esters is 1. The average molecular weight is 432 g/mol. The summed E-state index contributed by atoms with van der Waals surface area (Å²) in [6.07, 6.45) is 5.82. The molecule has 2 N–H and O–H groups in total. The Kier molecular flexibility index (Phi) is 10.6. The lowest BCUT2D eigenvalue weighted by Crippen LogP contribution is -2.45. The SMILES string of the molecule is C#COCl.CCOC(=O)C(N)Cc1cc(C(C)(C)N(C)C(=O)OC(C)(C)C)no1. The fourth-order valence-electron chi connectivity index (χ4n) is 1.98. The highest BCUT2D eigenvalue weighted by Crippen LogP contribution is 2.28. The lowest BCUT2D eigenvalue weighted by Gasteiger charge is -2.35. The lowest BCUT2D eigenvalue weighted by molar-refractivity contribution is -0.144. The van der Waals surface area contributed by atoms with Gasteiger partial charge in [0.1, 0.15) is 41.1 Å². The molecule has 0 radical (unpaired) electrons. The summed E-state index contributed by atoms with van der Waals surface area (Å²) >= 11 is 4.45. The van der Waals surface area contributed by atoms with Gasteiger partial charge in [0.15, 0.2) is 0 Å². The molecule has 0 saturated carbocycles. The van der Waals surface area contributed by atoms with E-state index in [2.05, 4.69) is 27.7 Å². The van der Waals surface area contributed by atoms with Crippen LogP contribution in [0.1, 0.15) is 53.0 Å². The molecule has 0 aliphatic rings. The van der Waals surface area contributed by atoms with Gasteiger partial charge in [-0.25, -0.2) is 4.79 Å². The van der Waals surface area contributed by atoms with Crippen molar-refractivity contribution in [3.8, 4) is 12.5 Å². The van der Waals surface area contributed by atoms with Crippen LogP contribution in [0, 0.1) is 12.5 Å². The summed E-state index contributed by atoms with van der Waals surface area (Å²) < 4.78 is 19.1. The number of ether oxygens (including phenoxy) is 2. The molecular weight excluding hydrogens is 402 g/mol. The van der Waals surface area contributed by atoms with Gasteiger partial charge >= 0.3 is 12.1 Å². The van der Waals surface area contributed by atoms with Gasteiger partial charge in [0.05, 0.1) is 12.1 Å². The highest BCUT2D eigenvalue weighted by molar-refractivity contribution is 6.08. The number of nitrogens with two attached hydrogens (primary N) is 1. The van der Waals surface area contributed by atoms with Crippen LogP contribution in [0.25, 0.3) is 0 Å². The molecule has 0 aliphatic carbocycles. The smallest absolute Gasteiger partial charge is 0.410 e. The molecule has 29 heavy (non-hydrogen) atoms. The first kappa shape index (κ1) is 26.6. The summed E-state index contributed by atoms with van der Waals surface area (Å²) in [7, 11) is 1.63. The Morgan fingerprint density at radius 2 is 1.93 bits per heavy atom. The maximum atomic E-state index is 12.3. The number of amides is 1. The number of halogens is 1. The number of nitrogens with zero attached hydrogens (tertiary/aromatic N) is 2. The van der Waals surface area contributed by atoms with Gasteiger partial charge in [-0.05, 0) is 41.5 Å². The Morgan fingerprint density at radius 3 is 2.38 bits per heavy atom. The van der Waals surface area contributed by atoms with E-state index in [4.69, 9.17) is 19.7 Å². The average Bonchev–Trinajstić information content (AvgIpc) is 3.09. The first-order valence-electron chi connectivity index (χ1n) is 8.88. The van der Waals surface area contributed by atoms with Crippen LogP contribution in [0.2, 0.25) is 0 Å². The van der Waals surface area contributed by atoms with Crippen molar-refractivity contribution in [3.63, 3.8) is 0 Å². The number of hydrogen-bond acceptors (Lipinski definition) is 8. The highest BCUT2D eigenvalue weighted by atomic mass is 35.5. The molecular formula is C19H30ClN3O6. The second-order valence-electron chi connectivity index (χ2n) is 7.53. The zero-order valence-electron chi connectivity index (χ0n) is 17.9. The van der Waals surface area contributed by atoms with Gasteiger partial charge in [0.25, 0.3) is 0 Å². The second-order valence-corrected chi connectivity index (χ2v) is 7.69. The molecule has 0 bridgehead atoms. The van der Waals surface area contributed by atoms with Crippen LogP contribution < -0.4 is 5.73 Å². The lowest BCUT2D eigenvalue weighted by atomic mass is 9.98. The molecule has 0 saturated heterocycles. The molecule has 10 heteroatoms. The fourth-order valence-corrected chi connectivity index (χ4v) is 1.98. The van der Waals surface area contributed by atoms with Crippen LogP contribution in [0.5, 0.6) is 0 Å². The largest absolute Gasteiger partial charge is 0.465 e. The summed E-state index contributed by atoms with van der Waals surface area (Å²) in [5.41, 5.74) is 4.96. The van der Waals surface area contributed by atoms with Crippen molar-refractivity contribution < 1.29 is 27.9 Å². The summed E-state index contributed by atoms with van der Waals surface area (Å²) in [5, 5.41) is 4.01. The van der Waals surface area contributed by atoms with Crippen LogP contribution >= 0.6 is 11.9 Å². The van der Waals surface area contributed by atoms with E-state index in [0.29, 0.717) is 11.5 Å². The molecule has 0 spiro atoms. The van der Waals surface area contributed by atoms with E-state index < -0.39 is 29.2 Å². The van der Waals surface area contributed by atoms with Crippen LogP contribution in [-0.2, 0) is 30.5 Å². The third kappa shape index (κ3) is 9.07. The topological polar surface area (TPSA) is 117 Å². The van der Waals surface area contributed by atoms with Crippen molar-refractivity contribution in [2.45, 2.75) is 65.1 Å². The van der Waals surface area contributed by atoms with E-state index in [-0.39, 0.29) is 13.0 Å². The number of carbonyl (C=O) groups excluding carboxylic acids is 2. The molecule has 1 amide bonds. The minimum atomic E-state index is -0.826. The first-order chi connectivity index (χ1) is 13.3. The Morgan fingerprint density at radius 1 is 1.38 bits per heavy atom. The van der Waals surface area contributed by atoms with Gasteiger partial charge in [0.2, 0.25) is 0 Å². The van der Waals surface area contributed by atoms with Crippen molar-refractivity contribution in [1.29, 1.82) is 0 Å². The second kappa shape index (κ2) is 11.5. The summed E-state index contributed by atoms with van der Waals surface area (Å²) in [4.78, 5) is 25.3. The van der Waals surface area contributed by atoms with Gasteiger partial charge < -0.3 is 28.9 Å². The maximum absolute atomic E-state index is 12.3. The normalized spacial score (nSPS) is 12.0. The quantitative estimate of drug-likeness (QED) is 0.539. The minimum Gasteiger partial charge on any atom is -0.465 e. The van der Waals surface area contributed by atoms with Gasteiger partial charge in [0, 0.05) is 19.5 Å². The van der Waals surface area contributed by atoms with Crippen molar-refractivity contribution in [1.82, 2.24) is 10.1 Å². The molecule has 164 valence electrons. The Balaban J connectivity index is 0.00000178. The minimum absolute atomic E-state index is 0.165. The van der Waals surface area contributed by atoms with Crippen LogP contribution in [0.3, 0.4) is 0 Å².